The number of carbonyl (C=O) groups excluding carboxylic acids is 1. The predicted octanol–water partition coefficient (Wildman–Crippen LogP) is 3.10. The molecular formula is C16H24N2O. The summed E-state index contributed by atoms with van der Waals surface area (Å²) in [5.74, 6) is 0.110. The fourth-order valence-corrected chi connectivity index (χ4v) is 2.27. The molecule has 104 valence electrons. The van der Waals surface area contributed by atoms with E-state index in [0.717, 1.165) is 31.6 Å². The zero-order chi connectivity index (χ0) is 13.9. The molecule has 0 saturated carbocycles. The number of hydrogen-bond acceptors (Lipinski definition) is 2. The molecule has 0 saturated heterocycles. The van der Waals surface area contributed by atoms with E-state index in [-0.39, 0.29) is 11.3 Å². The molecule has 0 aromatic heterocycles. The Morgan fingerprint density at radius 1 is 1.32 bits per heavy atom. The van der Waals surface area contributed by atoms with Crippen molar-refractivity contribution in [2.24, 2.45) is 5.41 Å². The fourth-order valence-electron chi connectivity index (χ4n) is 2.27. The van der Waals surface area contributed by atoms with Gasteiger partial charge in [0.2, 0.25) is 5.91 Å². The summed E-state index contributed by atoms with van der Waals surface area (Å²) in [7, 11) is 0. The Labute approximate surface area is 115 Å². The highest BCUT2D eigenvalue weighted by Gasteiger charge is 2.14. The highest BCUT2D eigenvalue weighted by atomic mass is 16.1. The van der Waals surface area contributed by atoms with Crippen molar-refractivity contribution in [1.29, 1.82) is 0 Å². The predicted molar refractivity (Wildman–Crippen MR) is 79.2 cm³/mol. The van der Waals surface area contributed by atoms with Crippen LogP contribution >= 0.6 is 0 Å². The van der Waals surface area contributed by atoms with E-state index in [9.17, 15) is 4.79 Å². The van der Waals surface area contributed by atoms with Gasteiger partial charge in [0, 0.05) is 18.7 Å². The Hall–Kier alpha value is -1.35. The molecule has 0 radical (unpaired) electrons. The van der Waals surface area contributed by atoms with Gasteiger partial charge in [-0.25, -0.2) is 0 Å². The van der Waals surface area contributed by atoms with E-state index >= 15 is 0 Å². The SMILES string of the molecule is CC(C)(C)CCC(=O)Nc1ccc2c(c1)CNCC2. The monoisotopic (exact) mass is 260 g/mol. The number of benzene rings is 1. The van der Waals surface area contributed by atoms with Crippen LogP contribution in [0.4, 0.5) is 5.69 Å². The van der Waals surface area contributed by atoms with Crippen LogP contribution in [0.25, 0.3) is 0 Å². The van der Waals surface area contributed by atoms with Crippen molar-refractivity contribution in [1.82, 2.24) is 5.32 Å². The number of nitrogens with one attached hydrogen (secondary N) is 2. The molecule has 1 aromatic carbocycles. The van der Waals surface area contributed by atoms with Gasteiger partial charge in [0.25, 0.3) is 0 Å². The molecule has 1 amide bonds. The van der Waals surface area contributed by atoms with Gasteiger partial charge in [0.1, 0.15) is 0 Å². The van der Waals surface area contributed by atoms with E-state index in [1.807, 2.05) is 6.07 Å². The second kappa shape index (κ2) is 5.74. The van der Waals surface area contributed by atoms with Gasteiger partial charge in [0.05, 0.1) is 0 Å². The van der Waals surface area contributed by atoms with Gasteiger partial charge >= 0.3 is 0 Å². The number of hydrogen-bond donors (Lipinski definition) is 2. The number of anilines is 1. The summed E-state index contributed by atoms with van der Waals surface area (Å²) < 4.78 is 0. The van der Waals surface area contributed by atoms with E-state index in [4.69, 9.17) is 0 Å². The van der Waals surface area contributed by atoms with Gasteiger partial charge in [-0.1, -0.05) is 26.8 Å². The molecule has 0 unspecified atom stereocenters. The molecular weight excluding hydrogens is 236 g/mol. The van der Waals surface area contributed by atoms with E-state index < -0.39 is 0 Å². The molecule has 0 aliphatic carbocycles. The topological polar surface area (TPSA) is 41.1 Å². The summed E-state index contributed by atoms with van der Waals surface area (Å²) in [6, 6.07) is 6.24. The Morgan fingerprint density at radius 3 is 2.84 bits per heavy atom. The lowest BCUT2D eigenvalue weighted by Crippen LogP contribution is -2.24. The molecule has 19 heavy (non-hydrogen) atoms. The average Bonchev–Trinajstić information content (AvgIpc) is 2.35. The molecule has 0 fully saturated rings. The summed E-state index contributed by atoms with van der Waals surface area (Å²) >= 11 is 0. The molecule has 1 aromatic rings. The maximum absolute atomic E-state index is 11.9. The van der Waals surface area contributed by atoms with Gasteiger partial charge in [-0.2, -0.15) is 0 Å². The molecule has 2 N–H and O–H groups in total. The van der Waals surface area contributed by atoms with Gasteiger partial charge in [-0.05, 0) is 48.1 Å². The minimum atomic E-state index is 0.110. The third kappa shape index (κ3) is 4.35. The molecule has 0 spiro atoms. The van der Waals surface area contributed by atoms with Crippen LogP contribution in [0.5, 0.6) is 0 Å². The fraction of sp³-hybridized carbons (Fsp3) is 0.562. The maximum Gasteiger partial charge on any atom is 0.224 e. The maximum atomic E-state index is 11.9. The van der Waals surface area contributed by atoms with Crippen molar-refractivity contribution in [3.8, 4) is 0 Å². The Morgan fingerprint density at radius 2 is 2.11 bits per heavy atom. The molecule has 2 rings (SSSR count). The highest BCUT2D eigenvalue weighted by molar-refractivity contribution is 5.90. The van der Waals surface area contributed by atoms with Crippen LogP contribution in [0.15, 0.2) is 18.2 Å². The molecule has 1 aliphatic rings. The van der Waals surface area contributed by atoms with Gasteiger partial charge in [-0.15, -0.1) is 0 Å². The summed E-state index contributed by atoms with van der Waals surface area (Å²) in [5.41, 5.74) is 3.82. The Kier molecular flexibility index (Phi) is 4.25. The van der Waals surface area contributed by atoms with E-state index in [2.05, 4.69) is 43.5 Å². The van der Waals surface area contributed by atoms with E-state index in [1.54, 1.807) is 0 Å². The number of rotatable bonds is 3. The van der Waals surface area contributed by atoms with Crippen LogP contribution in [0.1, 0.15) is 44.7 Å². The van der Waals surface area contributed by atoms with Crippen LogP contribution in [-0.4, -0.2) is 12.5 Å². The number of amides is 1. The van der Waals surface area contributed by atoms with Crippen molar-refractivity contribution in [2.45, 2.75) is 46.6 Å². The lowest BCUT2D eigenvalue weighted by atomic mass is 9.90. The van der Waals surface area contributed by atoms with Crippen molar-refractivity contribution in [2.75, 3.05) is 11.9 Å². The van der Waals surface area contributed by atoms with Crippen LogP contribution in [0.2, 0.25) is 0 Å². The third-order valence-corrected chi connectivity index (χ3v) is 3.48. The van der Waals surface area contributed by atoms with Crippen molar-refractivity contribution < 1.29 is 4.79 Å². The van der Waals surface area contributed by atoms with Crippen molar-refractivity contribution in [3.05, 3.63) is 29.3 Å². The zero-order valence-corrected chi connectivity index (χ0v) is 12.2. The van der Waals surface area contributed by atoms with Crippen LogP contribution in [0.3, 0.4) is 0 Å². The first-order chi connectivity index (χ1) is 8.94. The third-order valence-electron chi connectivity index (χ3n) is 3.48. The number of fused-ring (bicyclic) bond motifs is 1. The highest BCUT2D eigenvalue weighted by Crippen LogP contribution is 2.22. The average molecular weight is 260 g/mol. The van der Waals surface area contributed by atoms with Crippen molar-refractivity contribution >= 4 is 11.6 Å². The minimum absolute atomic E-state index is 0.110. The Balaban J connectivity index is 1.94. The standard InChI is InChI=1S/C16H24N2O/c1-16(2,3)8-6-15(19)18-14-5-4-12-7-9-17-11-13(12)10-14/h4-5,10,17H,6-9,11H2,1-3H3,(H,18,19). The van der Waals surface area contributed by atoms with Gasteiger partial charge in [-0.3, -0.25) is 4.79 Å². The molecule has 1 heterocycles. The first-order valence-corrected chi connectivity index (χ1v) is 7.06. The van der Waals surface area contributed by atoms with E-state index in [1.165, 1.54) is 11.1 Å². The van der Waals surface area contributed by atoms with Crippen LogP contribution in [-0.2, 0) is 17.8 Å². The minimum Gasteiger partial charge on any atom is -0.326 e. The normalized spacial score (nSPS) is 14.9. The summed E-state index contributed by atoms with van der Waals surface area (Å²) in [6.07, 6.45) is 2.57. The lowest BCUT2D eigenvalue weighted by Gasteiger charge is -2.19. The van der Waals surface area contributed by atoms with E-state index in [0.29, 0.717) is 6.42 Å². The zero-order valence-electron chi connectivity index (χ0n) is 12.2. The summed E-state index contributed by atoms with van der Waals surface area (Å²) in [5, 5.41) is 6.35. The number of carbonyl (C=O) groups is 1. The smallest absolute Gasteiger partial charge is 0.224 e. The van der Waals surface area contributed by atoms with Gasteiger partial charge in [0.15, 0.2) is 0 Å². The second-order valence-corrected chi connectivity index (χ2v) is 6.52. The summed E-state index contributed by atoms with van der Waals surface area (Å²) in [4.78, 5) is 11.9. The first-order valence-electron chi connectivity index (χ1n) is 7.06. The lowest BCUT2D eigenvalue weighted by molar-refractivity contribution is -0.116. The summed E-state index contributed by atoms with van der Waals surface area (Å²) in [6.45, 7) is 8.42. The molecule has 3 heteroatoms. The van der Waals surface area contributed by atoms with Gasteiger partial charge < -0.3 is 10.6 Å². The molecule has 0 bridgehead atoms. The second-order valence-electron chi connectivity index (χ2n) is 6.52. The van der Waals surface area contributed by atoms with Crippen LogP contribution in [0, 0.1) is 5.41 Å². The molecule has 3 nitrogen and oxygen atoms in total. The quantitative estimate of drug-likeness (QED) is 0.877. The molecule has 0 atom stereocenters. The largest absolute Gasteiger partial charge is 0.326 e. The molecule has 1 aliphatic heterocycles. The Bertz CT molecular complexity index is 460. The van der Waals surface area contributed by atoms with Crippen LogP contribution < -0.4 is 10.6 Å². The van der Waals surface area contributed by atoms with Crippen molar-refractivity contribution in [3.63, 3.8) is 0 Å². The first kappa shape index (κ1) is 14.1.